The number of nitrogens with zero attached hydrogens (tertiary/aromatic N) is 4. The minimum absolute atomic E-state index is 0.0426. The Labute approximate surface area is 211 Å². The first-order valence-electron chi connectivity index (χ1n) is 10.6. The molecule has 9 nitrogen and oxygen atoms in total. The molecule has 0 amide bonds. The third-order valence-electron chi connectivity index (χ3n) is 4.84. The van der Waals surface area contributed by atoms with E-state index >= 15 is 0 Å². The quantitative estimate of drug-likeness (QED) is 0.201. The van der Waals surface area contributed by atoms with Crippen LogP contribution in [0.4, 0.5) is 17.6 Å². The van der Waals surface area contributed by atoms with Crippen molar-refractivity contribution in [3.05, 3.63) is 94.8 Å². The highest BCUT2D eigenvalue weighted by molar-refractivity contribution is 6.33. The predicted molar refractivity (Wildman–Crippen MR) is 137 cm³/mol. The van der Waals surface area contributed by atoms with Gasteiger partial charge in [-0.15, -0.1) is 0 Å². The van der Waals surface area contributed by atoms with Crippen LogP contribution in [0.3, 0.4) is 0 Å². The van der Waals surface area contributed by atoms with Crippen molar-refractivity contribution in [3.8, 4) is 17.6 Å². The number of para-hydroxylation sites is 1. The molecule has 1 heterocycles. The molecule has 0 atom stereocenters. The maximum atomic E-state index is 12.5. The summed E-state index contributed by atoms with van der Waals surface area (Å²) < 4.78 is 10.9. The highest BCUT2D eigenvalue weighted by atomic mass is 35.5. The summed E-state index contributed by atoms with van der Waals surface area (Å²) in [6, 6.07) is 22.7. The van der Waals surface area contributed by atoms with Gasteiger partial charge in [0.15, 0.2) is 17.3 Å². The lowest BCUT2D eigenvalue weighted by molar-refractivity contribution is 0.0730. The zero-order valence-electron chi connectivity index (χ0n) is 19.0. The van der Waals surface area contributed by atoms with Crippen molar-refractivity contribution < 1.29 is 14.3 Å². The van der Waals surface area contributed by atoms with Crippen LogP contribution in [0.2, 0.25) is 5.02 Å². The highest BCUT2D eigenvalue weighted by Crippen LogP contribution is 2.31. The van der Waals surface area contributed by atoms with Crippen LogP contribution in [0.5, 0.6) is 11.5 Å². The Balaban J connectivity index is 1.61. The molecule has 3 N–H and O–H groups in total. The van der Waals surface area contributed by atoms with E-state index in [2.05, 4.69) is 26.3 Å². The van der Waals surface area contributed by atoms with Crippen LogP contribution in [0.15, 0.2) is 72.8 Å². The van der Waals surface area contributed by atoms with Crippen LogP contribution in [0.25, 0.3) is 11.6 Å². The van der Waals surface area contributed by atoms with Crippen molar-refractivity contribution in [3.63, 3.8) is 0 Å². The Morgan fingerprint density at radius 2 is 1.78 bits per heavy atom. The van der Waals surface area contributed by atoms with Crippen molar-refractivity contribution in [1.29, 1.82) is 5.26 Å². The number of carbonyl (C=O) groups is 1. The monoisotopic (exact) mass is 498 g/mol. The largest absolute Gasteiger partial charge is 0.493 e. The number of ether oxygens (including phenoxy) is 2. The topological polar surface area (TPSA) is 136 Å². The van der Waals surface area contributed by atoms with Crippen LogP contribution in [-0.2, 0) is 0 Å². The average molecular weight is 499 g/mol. The van der Waals surface area contributed by atoms with E-state index in [1.807, 2.05) is 30.3 Å². The van der Waals surface area contributed by atoms with E-state index in [0.29, 0.717) is 5.56 Å². The van der Waals surface area contributed by atoms with Crippen LogP contribution in [0, 0.1) is 11.3 Å². The van der Waals surface area contributed by atoms with E-state index < -0.39 is 5.97 Å². The number of carbonyl (C=O) groups excluding carboxylic acids is 1. The smallest absolute Gasteiger partial charge is 0.345 e. The summed E-state index contributed by atoms with van der Waals surface area (Å²) in [5.74, 6) is 0.0961. The number of aromatic nitrogens is 3. The van der Waals surface area contributed by atoms with E-state index in [4.69, 9.17) is 26.8 Å². The molecule has 178 valence electrons. The van der Waals surface area contributed by atoms with Crippen LogP contribution >= 0.6 is 11.6 Å². The van der Waals surface area contributed by atoms with Gasteiger partial charge in [0.2, 0.25) is 11.9 Å². The molecule has 10 heteroatoms. The van der Waals surface area contributed by atoms with Gasteiger partial charge < -0.3 is 20.5 Å². The Kier molecular flexibility index (Phi) is 7.39. The van der Waals surface area contributed by atoms with Gasteiger partial charge in [-0.25, -0.2) is 4.79 Å². The number of methoxy groups -OCH3 is 1. The Hall–Kier alpha value is -4.94. The third kappa shape index (κ3) is 5.75. The van der Waals surface area contributed by atoms with E-state index in [1.165, 1.54) is 7.11 Å². The lowest BCUT2D eigenvalue weighted by atomic mass is 10.1. The molecule has 36 heavy (non-hydrogen) atoms. The normalized spacial score (nSPS) is 10.9. The fourth-order valence-electron chi connectivity index (χ4n) is 3.17. The molecule has 0 saturated heterocycles. The average Bonchev–Trinajstić information content (AvgIpc) is 2.88. The number of hydrogen-bond donors (Lipinski definition) is 2. The van der Waals surface area contributed by atoms with Crippen LogP contribution < -0.4 is 20.5 Å². The minimum atomic E-state index is -0.626. The van der Waals surface area contributed by atoms with E-state index in [-0.39, 0.29) is 45.4 Å². The fourth-order valence-corrected chi connectivity index (χ4v) is 3.39. The van der Waals surface area contributed by atoms with Gasteiger partial charge in [-0.1, -0.05) is 48.0 Å². The maximum absolute atomic E-state index is 12.5. The van der Waals surface area contributed by atoms with Gasteiger partial charge in [-0.3, -0.25) is 0 Å². The number of hydrogen-bond acceptors (Lipinski definition) is 9. The summed E-state index contributed by atoms with van der Waals surface area (Å²) in [5.41, 5.74) is 7.55. The Bertz CT molecular complexity index is 1490. The Morgan fingerprint density at radius 3 is 2.50 bits per heavy atom. The summed E-state index contributed by atoms with van der Waals surface area (Å²) in [4.78, 5) is 25.0. The summed E-state index contributed by atoms with van der Waals surface area (Å²) >= 11 is 6.08. The predicted octanol–water partition coefficient (Wildman–Crippen LogP) is 5.14. The number of nitrogen functional groups attached to an aromatic ring is 1. The summed E-state index contributed by atoms with van der Waals surface area (Å²) in [5, 5.41) is 13.1. The maximum Gasteiger partial charge on any atom is 0.345 e. The fraction of sp³-hybridized carbons (Fsp3) is 0.0385. The van der Waals surface area contributed by atoms with Crippen LogP contribution in [0.1, 0.15) is 21.7 Å². The number of nitrogens with two attached hydrogens (primary N) is 1. The van der Waals surface area contributed by atoms with Crippen LogP contribution in [-0.4, -0.2) is 28.0 Å². The molecular weight excluding hydrogens is 480 g/mol. The molecule has 0 aliphatic carbocycles. The van der Waals surface area contributed by atoms with Crippen molar-refractivity contribution >= 4 is 46.8 Å². The van der Waals surface area contributed by atoms with Crippen molar-refractivity contribution in [2.75, 3.05) is 18.2 Å². The second-order valence-corrected chi connectivity index (χ2v) is 7.69. The summed E-state index contributed by atoms with van der Waals surface area (Å²) in [7, 11) is 1.44. The van der Waals surface area contributed by atoms with Crippen molar-refractivity contribution in [1.82, 2.24) is 15.0 Å². The number of nitriles is 1. The molecule has 4 rings (SSSR count). The number of rotatable bonds is 7. The zero-order valence-corrected chi connectivity index (χ0v) is 19.7. The number of anilines is 3. The first-order valence-corrected chi connectivity index (χ1v) is 10.9. The molecule has 0 unspecified atom stereocenters. The molecule has 0 radical (unpaired) electrons. The van der Waals surface area contributed by atoms with Gasteiger partial charge in [0.25, 0.3) is 0 Å². The molecule has 0 fully saturated rings. The first kappa shape index (κ1) is 24.2. The standard InChI is InChI=1S/C26H19ClN6O3/c1-35-22-14-16(11-12-21(22)36-24(34)19-9-5-6-10-20(19)27)13-17(15-28)23-31-25(29)33-26(32-23)30-18-7-3-2-4-8-18/h2-14H,1H3,(H3,29,30,31,32,33)/b17-13+. The molecule has 1 aromatic heterocycles. The van der Waals surface area contributed by atoms with Crippen molar-refractivity contribution in [2.45, 2.75) is 0 Å². The number of benzene rings is 3. The first-order chi connectivity index (χ1) is 17.5. The molecule has 3 aromatic carbocycles. The second kappa shape index (κ2) is 11.0. The zero-order chi connectivity index (χ0) is 25.5. The van der Waals surface area contributed by atoms with Gasteiger partial charge in [-0.05, 0) is 48.0 Å². The lowest BCUT2D eigenvalue weighted by Crippen LogP contribution is -2.09. The Morgan fingerprint density at radius 1 is 1.03 bits per heavy atom. The van der Waals surface area contributed by atoms with Gasteiger partial charge in [0, 0.05) is 5.69 Å². The molecule has 0 aliphatic rings. The van der Waals surface area contributed by atoms with Gasteiger partial charge in [0.1, 0.15) is 6.07 Å². The van der Waals surface area contributed by atoms with Gasteiger partial charge in [-0.2, -0.15) is 20.2 Å². The second-order valence-electron chi connectivity index (χ2n) is 7.28. The summed E-state index contributed by atoms with van der Waals surface area (Å²) in [6.07, 6.45) is 1.56. The van der Waals surface area contributed by atoms with Gasteiger partial charge >= 0.3 is 5.97 Å². The van der Waals surface area contributed by atoms with E-state index in [0.717, 1.165) is 5.69 Å². The van der Waals surface area contributed by atoms with E-state index in [1.54, 1.807) is 48.5 Å². The molecular formula is C26H19ClN6O3. The summed E-state index contributed by atoms with van der Waals surface area (Å²) in [6.45, 7) is 0. The van der Waals surface area contributed by atoms with Gasteiger partial charge in [0.05, 0.1) is 23.3 Å². The SMILES string of the molecule is COc1cc(/C=C(\C#N)c2nc(N)nc(Nc3ccccc3)n2)ccc1OC(=O)c1ccccc1Cl. The number of nitrogens with one attached hydrogen (secondary N) is 1. The minimum Gasteiger partial charge on any atom is -0.493 e. The molecule has 0 spiro atoms. The number of halogens is 1. The molecule has 0 bridgehead atoms. The molecule has 0 saturated carbocycles. The molecule has 0 aliphatic heterocycles. The number of esters is 1. The number of allylic oxidation sites excluding steroid dienone is 1. The van der Waals surface area contributed by atoms with E-state index in [9.17, 15) is 10.1 Å². The highest BCUT2D eigenvalue weighted by Gasteiger charge is 2.16. The van der Waals surface area contributed by atoms with Crippen molar-refractivity contribution in [2.24, 2.45) is 0 Å². The molecule has 4 aromatic rings. The lowest BCUT2D eigenvalue weighted by Gasteiger charge is -2.11. The third-order valence-corrected chi connectivity index (χ3v) is 5.17.